The van der Waals surface area contributed by atoms with Crippen molar-refractivity contribution in [1.82, 2.24) is 9.88 Å². The number of alkyl halides is 1. The number of allylic oxidation sites excluding steroid dienone is 1. The number of nitrogens with two attached hydrogens (primary N) is 1. The molecule has 0 fully saturated rings. The number of hydrogen-bond acceptors (Lipinski definition) is 5. The Bertz CT molecular complexity index is 1460. The number of rotatable bonds is 7. The molecule has 1 aliphatic carbocycles. The minimum absolute atomic E-state index is 0.0487. The zero-order valence-corrected chi connectivity index (χ0v) is 24.0. The summed E-state index contributed by atoms with van der Waals surface area (Å²) in [5.41, 5.74) is 13.0. The third-order valence-corrected chi connectivity index (χ3v) is 8.87. The lowest BCUT2D eigenvalue weighted by atomic mass is 9.72. The zero-order chi connectivity index (χ0) is 28.4. The lowest BCUT2D eigenvalue weighted by Crippen LogP contribution is -2.35. The van der Waals surface area contributed by atoms with Crippen LogP contribution in [0, 0.1) is 12.3 Å². The van der Waals surface area contributed by atoms with Gasteiger partial charge in [-0.25, -0.2) is 9.78 Å². The van der Waals surface area contributed by atoms with Gasteiger partial charge in [0, 0.05) is 30.6 Å². The molecule has 6 nitrogen and oxygen atoms in total. The molecule has 3 N–H and O–H groups in total. The van der Waals surface area contributed by atoms with Crippen molar-refractivity contribution in [3.05, 3.63) is 94.7 Å². The maximum atomic E-state index is 12.0. The Morgan fingerprint density at radius 1 is 1.18 bits per heavy atom. The summed E-state index contributed by atoms with van der Waals surface area (Å²) in [6.07, 6.45) is 6.48. The van der Waals surface area contributed by atoms with E-state index in [4.69, 9.17) is 22.1 Å². The second kappa shape index (κ2) is 11.5. The molecule has 0 bridgehead atoms. The van der Waals surface area contributed by atoms with Crippen LogP contribution in [0.15, 0.2) is 72.4 Å². The van der Waals surface area contributed by atoms with Gasteiger partial charge in [0.1, 0.15) is 22.9 Å². The number of carbonyl (C=O) groups is 1. The Balaban J connectivity index is 1.39. The summed E-state index contributed by atoms with van der Waals surface area (Å²) in [4.78, 5) is 18.5. The van der Waals surface area contributed by atoms with Crippen molar-refractivity contribution in [3.8, 4) is 11.5 Å². The second-order valence-electron chi connectivity index (χ2n) is 11.4. The fourth-order valence-corrected chi connectivity index (χ4v) is 5.95. The van der Waals surface area contributed by atoms with Gasteiger partial charge >= 0.3 is 5.97 Å². The monoisotopic (exact) mass is 557 g/mol. The molecule has 0 saturated heterocycles. The molecule has 0 radical (unpaired) electrons. The smallest absolute Gasteiger partial charge is 0.339 e. The molecule has 0 amide bonds. The summed E-state index contributed by atoms with van der Waals surface area (Å²) in [6, 6.07) is 17.5. The van der Waals surface area contributed by atoms with E-state index in [0.29, 0.717) is 17.3 Å². The third kappa shape index (κ3) is 5.93. The minimum Gasteiger partial charge on any atom is -0.478 e. The molecule has 1 aromatic heterocycles. The normalized spacial score (nSPS) is 19.3. The first-order chi connectivity index (χ1) is 19.1. The molecular weight excluding hydrogens is 522 g/mol. The Hall–Kier alpha value is -3.61. The molecular formula is C33H36ClN3O3. The van der Waals surface area contributed by atoms with E-state index in [-0.39, 0.29) is 16.4 Å². The first kappa shape index (κ1) is 27.9. The maximum Gasteiger partial charge on any atom is 0.339 e. The molecule has 0 spiro atoms. The Labute approximate surface area is 241 Å². The highest BCUT2D eigenvalue weighted by molar-refractivity contribution is 6.21. The number of hydrogen-bond donors (Lipinski definition) is 2. The van der Waals surface area contributed by atoms with Crippen LogP contribution in [0.4, 0.5) is 5.82 Å². The van der Waals surface area contributed by atoms with E-state index in [2.05, 4.69) is 60.1 Å². The van der Waals surface area contributed by atoms with E-state index in [0.717, 1.165) is 50.0 Å². The molecule has 2 heterocycles. The van der Waals surface area contributed by atoms with Crippen LogP contribution in [-0.4, -0.2) is 46.0 Å². The summed E-state index contributed by atoms with van der Waals surface area (Å²) in [7, 11) is 0. The van der Waals surface area contributed by atoms with Gasteiger partial charge in [-0.2, -0.15) is 0 Å². The number of nitrogen functional groups attached to an aromatic ring is 1. The quantitative estimate of drug-likeness (QED) is 0.294. The van der Waals surface area contributed by atoms with E-state index >= 15 is 0 Å². The fraction of sp³-hybridized carbons (Fsp3) is 0.333. The van der Waals surface area contributed by atoms with Crippen molar-refractivity contribution < 1.29 is 14.6 Å². The predicted molar refractivity (Wildman–Crippen MR) is 162 cm³/mol. The van der Waals surface area contributed by atoms with E-state index < -0.39 is 5.97 Å². The number of benzene rings is 2. The molecule has 208 valence electrons. The maximum absolute atomic E-state index is 12.0. The number of pyridine rings is 1. The van der Waals surface area contributed by atoms with Gasteiger partial charge in [0.05, 0.1) is 6.20 Å². The Kier molecular flexibility index (Phi) is 8.02. The van der Waals surface area contributed by atoms with Crippen molar-refractivity contribution in [2.45, 2.75) is 45.4 Å². The number of aromatic nitrogens is 1. The average Bonchev–Trinajstić information content (AvgIpc) is 2.94. The van der Waals surface area contributed by atoms with Crippen LogP contribution in [0.1, 0.15) is 60.2 Å². The number of anilines is 1. The summed E-state index contributed by atoms with van der Waals surface area (Å²) in [6.45, 7) is 9.06. The van der Waals surface area contributed by atoms with E-state index in [1.165, 1.54) is 28.5 Å². The van der Waals surface area contributed by atoms with E-state index in [1.54, 1.807) is 18.2 Å². The van der Waals surface area contributed by atoms with Gasteiger partial charge in [0.25, 0.3) is 0 Å². The Morgan fingerprint density at radius 3 is 2.60 bits per heavy atom. The molecule has 2 aromatic carbocycles. The summed E-state index contributed by atoms with van der Waals surface area (Å²) < 4.78 is 6.04. The molecule has 1 unspecified atom stereocenters. The van der Waals surface area contributed by atoms with Gasteiger partial charge in [-0.05, 0) is 72.1 Å². The van der Waals surface area contributed by atoms with Crippen LogP contribution in [0.25, 0.3) is 11.1 Å². The first-order valence-corrected chi connectivity index (χ1v) is 14.1. The lowest BCUT2D eigenvalue weighted by Gasteiger charge is -2.39. The predicted octanol–water partition coefficient (Wildman–Crippen LogP) is 7.43. The standard InChI is InChI=1S/C33H36ClN3O3/c1-21-26(10-11-27(32(38)39)31(21)40-25-9-12-30(35)36-19-25)23-13-15-37(16-14-23)20-24-17-29(34)33(2,3)18-28(24)22-7-5-4-6-8-22/h4-13,19,29H,14-18,20H2,1-3H3,(H2,35,36)(H,38,39). The van der Waals surface area contributed by atoms with Crippen LogP contribution < -0.4 is 10.5 Å². The van der Waals surface area contributed by atoms with Gasteiger partial charge in [-0.1, -0.05) is 61.9 Å². The SMILES string of the molecule is Cc1c(C2=CCN(CC3=C(c4ccccc4)CC(C)(C)C(Cl)C3)CC2)ccc(C(=O)O)c1Oc1ccc(N)nc1. The number of carboxylic acids is 1. The number of carboxylic acid groups (broad SMARTS) is 1. The van der Waals surface area contributed by atoms with Gasteiger partial charge in [-0.3, -0.25) is 4.90 Å². The third-order valence-electron chi connectivity index (χ3n) is 8.12. The first-order valence-electron chi connectivity index (χ1n) is 13.7. The largest absolute Gasteiger partial charge is 0.478 e. The highest BCUT2D eigenvalue weighted by atomic mass is 35.5. The molecule has 40 heavy (non-hydrogen) atoms. The molecule has 1 atom stereocenters. The highest BCUT2D eigenvalue weighted by Crippen LogP contribution is 2.46. The van der Waals surface area contributed by atoms with Crippen molar-refractivity contribution in [2.24, 2.45) is 5.41 Å². The van der Waals surface area contributed by atoms with Crippen LogP contribution in [0.5, 0.6) is 11.5 Å². The van der Waals surface area contributed by atoms with Crippen molar-refractivity contribution in [1.29, 1.82) is 0 Å². The van der Waals surface area contributed by atoms with Crippen LogP contribution in [0.2, 0.25) is 0 Å². The summed E-state index contributed by atoms with van der Waals surface area (Å²) in [5.74, 6) is 0.109. The van der Waals surface area contributed by atoms with Gasteiger partial charge in [0.15, 0.2) is 0 Å². The van der Waals surface area contributed by atoms with E-state index in [1.807, 2.05) is 13.0 Å². The van der Waals surface area contributed by atoms with Crippen LogP contribution >= 0.6 is 11.6 Å². The summed E-state index contributed by atoms with van der Waals surface area (Å²) in [5, 5.41) is 9.92. The topological polar surface area (TPSA) is 88.7 Å². The average molecular weight is 558 g/mol. The Morgan fingerprint density at radius 2 is 1.95 bits per heavy atom. The van der Waals surface area contributed by atoms with E-state index in [9.17, 15) is 9.90 Å². The zero-order valence-electron chi connectivity index (χ0n) is 23.3. The minimum atomic E-state index is -1.03. The number of aromatic carboxylic acids is 1. The molecule has 3 aromatic rings. The van der Waals surface area contributed by atoms with Crippen LogP contribution in [0.3, 0.4) is 0 Å². The van der Waals surface area contributed by atoms with Crippen LogP contribution in [-0.2, 0) is 0 Å². The van der Waals surface area contributed by atoms with Gasteiger partial charge in [-0.15, -0.1) is 11.6 Å². The molecule has 7 heteroatoms. The molecule has 2 aliphatic rings. The van der Waals surface area contributed by atoms with Crippen molar-refractivity contribution in [2.75, 3.05) is 25.4 Å². The molecule has 0 saturated carbocycles. The fourth-order valence-electron chi connectivity index (χ4n) is 5.69. The number of nitrogens with zero attached hydrogens (tertiary/aromatic N) is 2. The summed E-state index contributed by atoms with van der Waals surface area (Å²) >= 11 is 6.88. The van der Waals surface area contributed by atoms with Gasteiger partial charge in [0.2, 0.25) is 0 Å². The lowest BCUT2D eigenvalue weighted by molar-refractivity contribution is 0.0694. The highest BCUT2D eigenvalue weighted by Gasteiger charge is 2.36. The van der Waals surface area contributed by atoms with Gasteiger partial charge < -0.3 is 15.6 Å². The second-order valence-corrected chi connectivity index (χ2v) is 12.0. The van der Waals surface area contributed by atoms with Crippen molar-refractivity contribution >= 4 is 34.5 Å². The molecule has 5 rings (SSSR count). The van der Waals surface area contributed by atoms with Crippen molar-refractivity contribution in [3.63, 3.8) is 0 Å². The number of halogens is 1. The number of ether oxygens (including phenoxy) is 1. The molecule has 1 aliphatic heterocycles.